The van der Waals surface area contributed by atoms with Crippen molar-refractivity contribution >= 4 is 12.1 Å². The van der Waals surface area contributed by atoms with E-state index in [0.717, 1.165) is 38.6 Å². The highest BCUT2D eigenvalue weighted by molar-refractivity contribution is 5.69. The summed E-state index contributed by atoms with van der Waals surface area (Å²) in [6, 6.07) is 6.02. The maximum absolute atomic E-state index is 11.9. The van der Waals surface area contributed by atoms with Crippen molar-refractivity contribution in [1.82, 2.24) is 5.32 Å². The number of aromatic nitrogens is 1. The first-order valence-electron chi connectivity index (χ1n) is 14.8. The predicted octanol–water partition coefficient (Wildman–Crippen LogP) is 7.45. The summed E-state index contributed by atoms with van der Waals surface area (Å²) in [7, 11) is 0. The normalized spacial score (nSPS) is 10.7. The second-order valence-electron chi connectivity index (χ2n) is 10.1. The van der Waals surface area contributed by atoms with Crippen LogP contribution in [0.1, 0.15) is 116 Å². The zero-order valence-electron chi connectivity index (χ0n) is 23.5. The molecule has 0 saturated carbocycles. The van der Waals surface area contributed by atoms with Gasteiger partial charge in [-0.1, -0.05) is 96.6 Å². The number of hydrogen-bond acceptors (Lipinski definition) is 4. The summed E-state index contributed by atoms with van der Waals surface area (Å²) in [6.45, 7) is 7.82. The van der Waals surface area contributed by atoms with Crippen LogP contribution in [0.15, 0.2) is 42.7 Å². The fourth-order valence-electron chi connectivity index (χ4n) is 4.17. The molecule has 1 rings (SSSR count). The second-order valence-corrected chi connectivity index (χ2v) is 10.1. The van der Waals surface area contributed by atoms with Crippen LogP contribution in [0.5, 0.6) is 0 Å². The van der Waals surface area contributed by atoms with Crippen molar-refractivity contribution in [3.8, 4) is 0 Å². The minimum Gasteiger partial charge on any atom is -0.461 e. The summed E-state index contributed by atoms with van der Waals surface area (Å²) in [6.07, 6.45) is 23.8. The zero-order chi connectivity index (χ0) is 26.8. The van der Waals surface area contributed by atoms with Gasteiger partial charge in [-0.25, -0.2) is 9.36 Å². The lowest BCUT2D eigenvalue weighted by Gasteiger charge is -2.10. The third-order valence-corrected chi connectivity index (χ3v) is 6.47. The molecule has 0 aliphatic heterocycles. The van der Waals surface area contributed by atoms with Gasteiger partial charge in [0.25, 0.3) is 0 Å². The summed E-state index contributed by atoms with van der Waals surface area (Å²) in [5.74, 6) is -0.236. The third-order valence-electron chi connectivity index (χ3n) is 6.47. The Kier molecular flexibility index (Phi) is 21.2. The molecule has 0 aliphatic carbocycles. The average molecular weight is 518 g/mol. The number of pyridine rings is 1. The van der Waals surface area contributed by atoms with Crippen LogP contribution in [-0.2, 0) is 20.8 Å². The molecule has 1 aromatic rings. The van der Waals surface area contributed by atoms with E-state index in [2.05, 4.69) is 23.4 Å². The Labute approximate surface area is 226 Å². The SMILES string of the molecule is C=C(COC(=O)CCCCC[n+]1ccccc1)COC(=O)NCCCCCCCCCCCCCCC. The van der Waals surface area contributed by atoms with E-state index in [1.54, 1.807) is 0 Å². The molecule has 0 atom stereocenters. The number of rotatable bonds is 24. The number of nitrogens with one attached hydrogen (secondary N) is 1. The van der Waals surface area contributed by atoms with E-state index in [0.29, 0.717) is 18.5 Å². The molecule has 210 valence electrons. The molecule has 0 aliphatic rings. The Bertz CT molecular complexity index is 708. The van der Waals surface area contributed by atoms with Crippen molar-refractivity contribution in [2.75, 3.05) is 19.8 Å². The average Bonchev–Trinajstić information content (AvgIpc) is 2.91. The smallest absolute Gasteiger partial charge is 0.407 e. The molecule has 1 heterocycles. The maximum Gasteiger partial charge on any atom is 0.407 e. The Balaban J connectivity index is 1.85. The minimum atomic E-state index is -0.442. The van der Waals surface area contributed by atoms with Gasteiger partial charge in [-0.05, 0) is 24.8 Å². The number of nitrogens with zero attached hydrogens (tertiary/aromatic N) is 1. The van der Waals surface area contributed by atoms with E-state index in [1.165, 1.54) is 70.6 Å². The van der Waals surface area contributed by atoms with Gasteiger partial charge in [-0.2, -0.15) is 0 Å². The van der Waals surface area contributed by atoms with Gasteiger partial charge in [0.05, 0.1) is 0 Å². The van der Waals surface area contributed by atoms with Crippen molar-refractivity contribution in [1.29, 1.82) is 0 Å². The van der Waals surface area contributed by atoms with E-state index in [9.17, 15) is 9.59 Å². The van der Waals surface area contributed by atoms with Crippen LogP contribution in [0.4, 0.5) is 4.79 Å². The number of esters is 1. The van der Waals surface area contributed by atoms with E-state index < -0.39 is 6.09 Å². The van der Waals surface area contributed by atoms with Gasteiger partial charge in [0.1, 0.15) is 19.8 Å². The maximum atomic E-state index is 11.9. The summed E-state index contributed by atoms with van der Waals surface area (Å²) in [5.41, 5.74) is 0.574. The van der Waals surface area contributed by atoms with Crippen LogP contribution >= 0.6 is 0 Å². The van der Waals surface area contributed by atoms with Crippen molar-refractivity contribution < 1.29 is 23.6 Å². The molecule has 37 heavy (non-hydrogen) atoms. The number of carbonyl (C=O) groups is 2. The summed E-state index contributed by atoms with van der Waals surface area (Å²) >= 11 is 0. The molecule has 1 amide bonds. The lowest BCUT2D eigenvalue weighted by molar-refractivity contribution is -0.697. The summed E-state index contributed by atoms with van der Waals surface area (Å²) in [4.78, 5) is 23.7. The first-order chi connectivity index (χ1) is 18.1. The molecule has 0 spiro atoms. The van der Waals surface area contributed by atoms with Gasteiger partial charge >= 0.3 is 12.1 Å². The third kappa shape index (κ3) is 21.4. The molecule has 6 nitrogen and oxygen atoms in total. The van der Waals surface area contributed by atoms with Gasteiger partial charge in [0, 0.05) is 31.5 Å². The Morgan fingerprint density at radius 2 is 1.24 bits per heavy atom. The lowest BCUT2D eigenvalue weighted by atomic mass is 10.0. The van der Waals surface area contributed by atoms with Crippen molar-refractivity contribution in [2.45, 2.75) is 123 Å². The molecule has 0 radical (unpaired) electrons. The van der Waals surface area contributed by atoms with E-state index in [1.807, 2.05) is 30.6 Å². The quantitative estimate of drug-likeness (QED) is 0.0669. The molecule has 0 unspecified atom stereocenters. The molecule has 0 aromatic carbocycles. The van der Waals surface area contributed by atoms with Gasteiger partial charge in [-0.3, -0.25) is 4.79 Å². The molecule has 0 fully saturated rings. The van der Waals surface area contributed by atoms with Crippen LogP contribution in [0, 0.1) is 0 Å². The molecule has 0 saturated heterocycles. The van der Waals surface area contributed by atoms with E-state index >= 15 is 0 Å². The largest absolute Gasteiger partial charge is 0.461 e. The van der Waals surface area contributed by atoms with Gasteiger partial charge in [0.15, 0.2) is 12.4 Å². The molecule has 6 heteroatoms. The standard InChI is InChI=1S/C31H52N2O4/c1-3-4-5-6-7-8-9-10-11-12-13-14-18-23-32-31(35)37-28-29(2)27-36-30(34)22-17-15-19-24-33-25-20-16-21-26-33/h16,20-21,25-26H,2-15,17-19,22-24,27-28H2,1H3/p+1. The summed E-state index contributed by atoms with van der Waals surface area (Å²) in [5, 5.41) is 2.78. The highest BCUT2D eigenvalue weighted by Crippen LogP contribution is 2.12. The fraction of sp³-hybridized carbons (Fsp3) is 0.710. The van der Waals surface area contributed by atoms with Crippen molar-refractivity contribution in [3.63, 3.8) is 0 Å². The molecule has 1 aromatic heterocycles. The highest BCUT2D eigenvalue weighted by atomic mass is 16.6. The van der Waals surface area contributed by atoms with Gasteiger partial charge in [0.2, 0.25) is 0 Å². The molecule has 1 N–H and O–H groups in total. The Morgan fingerprint density at radius 3 is 1.86 bits per heavy atom. The predicted molar refractivity (Wildman–Crippen MR) is 150 cm³/mol. The van der Waals surface area contributed by atoms with Crippen LogP contribution in [0.25, 0.3) is 0 Å². The number of ether oxygens (including phenoxy) is 2. The fourth-order valence-corrected chi connectivity index (χ4v) is 4.17. The monoisotopic (exact) mass is 517 g/mol. The van der Waals surface area contributed by atoms with Crippen LogP contribution < -0.4 is 9.88 Å². The van der Waals surface area contributed by atoms with Gasteiger partial charge < -0.3 is 14.8 Å². The molecule has 0 bridgehead atoms. The van der Waals surface area contributed by atoms with Crippen LogP contribution in [0.3, 0.4) is 0 Å². The summed E-state index contributed by atoms with van der Waals surface area (Å²) < 4.78 is 12.5. The second kappa shape index (κ2) is 24.0. The molecular weight excluding hydrogens is 464 g/mol. The number of carbonyl (C=O) groups excluding carboxylic acids is 2. The Morgan fingerprint density at radius 1 is 0.703 bits per heavy atom. The number of aryl methyl sites for hydroxylation is 1. The highest BCUT2D eigenvalue weighted by Gasteiger charge is 2.07. The first kappa shape index (κ1) is 32.7. The van der Waals surface area contributed by atoms with Gasteiger partial charge in [-0.15, -0.1) is 0 Å². The van der Waals surface area contributed by atoms with Crippen LogP contribution in [-0.4, -0.2) is 31.8 Å². The lowest BCUT2D eigenvalue weighted by Crippen LogP contribution is -2.32. The Hall–Kier alpha value is -2.37. The van der Waals surface area contributed by atoms with Crippen molar-refractivity contribution in [2.24, 2.45) is 0 Å². The first-order valence-corrected chi connectivity index (χ1v) is 14.8. The molecular formula is C31H53N2O4+. The number of alkyl carbamates (subject to hydrolysis) is 1. The zero-order valence-corrected chi connectivity index (χ0v) is 23.5. The topological polar surface area (TPSA) is 68.5 Å². The number of unbranched alkanes of at least 4 members (excludes halogenated alkanes) is 14. The van der Waals surface area contributed by atoms with E-state index in [-0.39, 0.29) is 19.2 Å². The van der Waals surface area contributed by atoms with E-state index in [4.69, 9.17) is 9.47 Å². The van der Waals surface area contributed by atoms with Crippen LogP contribution in [0.2, 0.25) is 0 Å². The minimum absolute atomic E-state index is 0.0615. The number of hydrogen-bond donors (Lipinski definition) is 1. The number of amides is 1. The van der Waals surface area contributed by atoms with Crippen molar-refractivity contribution in [3.05, 3.63) is 42.7 Å².